The van der Waals surface area contributed by atoms with E-state index in [1.54, 1.807) is 44.2 Å². The molecule has 2 aromatic carbocycles. The zero-order valence-electron chi connectivity index (χ0n) is 21.6. The topological polar surface area (TPSA) is 102 Å². The number of nitrogens with one attached hydrogen (secondary N) is 1. The monoisotopic (exact) mass is 593 g/mol. The molecule has 0 aromatic heterocycles. The van der Waals surface area contributed by atoms with E-state index in [0.29, 0.717) is 36.6 Å². The summed E-state index contributed by atoms with van der Waals surface area (Å²) in [6, 6.07) is 12.3. The summed E-state index contributed by atoms with van der Waals surface area (Å²) >= 11 is 0.890. The minimum Gasteiger partial charge on any atom is -0.491 e. The molecule has 39 heavy (non-hydrogen) atoms. The number of amides is 1. The number of benzene rings is 2. The van der Waals surface area contributed by atoms with Crippen LogP contribution in [0.15, 0.2) is 48.5 Å². The molecular weight excluding hydrogens is 562 g/mol. The van der Waals surface area contributed by atoms with Gasteiger partial charge in [0.2, 0.25) is 5.91 Å². The van der Waals surface area contributed by atoms with E-state index >= 15 is 0 Å². The van der Waals surface area contributed by atoms with Crippen molar-refractivity contribution in [3.8, 4) is 11.5 Å². The van der Waals surface area contributed by atoms with E-state index in [2.05, 4.69) is 10.1 Å². The molecule has 0 saturated carbocycles. The molecule has 0 spiro atoms. The van der Waals surface area contributed by atoms with Gasteiger partial charge in [0.15, 0.2) is 12.4 Å². The Morgan fingerprint density at radius 2 is 1.74 bits per heavy atom. The number of carbonyl (C=O) groups excluding carboxylic acids is 2. The summed E-state index contributed by atoms with van der Waals surface area (Å²) in [7, 11) is -0.149. The Morgan fingerprint density at radius 3 is 2.33 bits per heavy atom. The summed E-state index contributed by atoms with van der Waals surface area (Å²) in [5.74, 6) is -0.200. The molecule has 1 N–H and O–H groups in total. The number of hydrogen-bond donors (Lipinski definition) is 1. The van der Waals surface area contributed by atoms with Crippen LogP contribution in [0.5, 0.6) is 11.5 Å². The molecule has 1 amide bonds. The summed E-state index contributed by atoms with van der Waals surface area (Å²) in [5.41, 5.74) is 1.80. The highest BCUT2D eigenvalue weighted by atomic mass is 32.2. The van der Waals surface area contributed by atoms with Crippen molar-refractivity contribution >= 4 is 31.9 Å². The number of alkyl halides is 3. The largest absolute Gasteiger partial charge is 0.573 e. The third kappa shape index (κ3) is 12.5. The zero-order valence-corrected chi connectivity index (χ0v) is 23.4. The highest BCUT2D eigenvalue weighted by Gasteiger charge is 2.31. The van der Waals surface area contributed by atoms with Gasteiger partial charge in [0, 0.05) is 7.05 Å². The SMILES string of the molecule is CCOP(OCC)OCOC(COc1ccc(CC(SC=O)C(=O)NC)cc1)c1cccc(OC(F)(F)F)c1. The Balaban J connectivity index is 2.11. The first-order chi connectivity index (χ1) is 18.7. The molecule has 0 aliphatic rings. The minimum absolute atomic E-state index is 0.0682. The molecule has 0 bridgehead atoms. The lowest BCUT2D eigenvalue weighted by Gasteiger charge is -2.21. The van der Waals surface area contributed by atoms with Gasteiger partial charge in [-0.05, 0) is 55.7 Å². The number of thioether (sulfide) groups is 1. The van der Waals surface area contributed by atoms with Crippen molar-refractivity contribution < 1.29 is 50.5 Å². The maximum atomic E-state index is 12.7. The van der Waals surface area contributed by atoms with E-state index in [1.165, 1.54) is 25.2 Å². The number of ether oxygens (including phenoxy) is 3. The van der Waals surface area contributed by atoms with Crippen molar-refractivity contribution in [3.63, 3.8) is 0 Å². The van der Waals surface area contributed by atoms with Crippen LogP contribution in [0, 0.1) is 0 Å². The minimum atomic E-state index is -4.85. The molecule has 2 unspecified atom stereocenters. The van der Waals surface area contributed by atoms with Crippen LogP contribution < -0.4 is 14.8 Å². The molecule has 0 heterocycles. The molecule has 2 aromatic rings. The average Bonchev–Trinajstić information content (AvgIpc) is 2.90. The molecule has 2 atom stereocenters. The summed E-state index contributed by atoms with van der Waals surface area (Å²) in [6.07, 6.45) is -5.34. The van der Waals surface area contributed by atoms with Crippen molar-refractivity contribution in [2.24, 2.45) is 0 Å². The van der Waals surface area contributed by atoms with Gasteiger partial charge in [-0.2, -0.15) is 0 Å². The molecule has 0 aliphatic heterocycles. The van der Waals surface area contributed by atoms with Crippen LogP contribution in [0.4, 0.5) is 13.2 Å². The first-order valence-electron chi connectivity index (χ1n) is 11.9. The smallest absolute Gasteiger partial charge is 0.491 e. The van der Waals surface area contributed by atoms with Crippen LogP contribution in [-0.4, -0.2) is 56.8 Å². The molecule has 216 valence electrons. The second-order valence-electron chi connectivity index (χ2n) is 7.58. The van der Waals surface area contributed by atoms with Crippen molar-refractivity contribution in [1.29, 1.82) is 0 Å². The van der Waals surface area contributed by atoms with E-state index < -0.39 is 32.1 Å². The fourth-order valence-electron chi connectivity index (χ4n) is 3.17. The van der Waals surface area contributed by atoms with Gasteiger partial charge in [0.1, 0.15) is 24.2 Å². The highest BCUT2D eigenvalue weighted by Crippen LogP contribution is 2.39. The number of carbonyl (C=O) groups is 2. The molecule has 0 fully saturated rings. The van der Waals surface area contributed by atoms with E-state index in [0.717, 1.165) is 17.3 Å². The maximum absolute atomic E-state index is 12.7. The Hall–Kier alpha value is -2.41. The summed E-state index contributed by atoms with van der Waals surface area (Å²) in [4.78, 5) is 22.8. The van der Waals surface area contributed by atoms with Crippen LogP contribution in [0.25, 0.3) is 0 Å². The molecule has 9 nitrogen and oxygen atoms in total. The number of rotatable bonds is 18. The van der Waals surface area contributed by atoms with Gasteiger partial charge in [-0.25, -0.2) is 0 Å². The Labute approximate surface area is 230 Å². The molecule has 14 heteroatoms. The van der Waals surface area contributed by atoms with Crippen LogP contribution in [-0.2, 0) is 34.3 Å². The lowest BCUT2D eigenvalue weighted by atomic mass is 10.1. The summed E-state index contributed by atoms with van der Waals surface area (Å²) < 4.78 is 70.1. The van der Waals surface area contributed by atoms with E-state index in [9.17, 15) is 22.8 Å². The number of hydrogen-bond acceptors (Lipinski definition) is 9. The predicted octanol–water partition coefficient (Wildman–Crippen LogP) is 5.58. The quantitative estimate of drug-likeness (QED) is 0.135. The summed E-state index contributed by atoms with van der Waals surface area (Å²) in [6.45, 7) is 3.96. The van der Waals surface area contributed by atoms with Gasteiger partial charge in [-0.15, -0.1) is 13.2 Å². The van der Waals surface area contributed by atoms with E-state index in [-0.39, 0.29) is 19.3 Å². The van der Waals surface area contributed by atoms with Crippen molar-refractivity contribution in [2.75, 3.05) is 33.7 Å². The predicted molar refractivity (Wildman–Crippen MR) is 141 cm³/mol. The van der Waals surface area contributed by atoms with Crippen LogP contribution in [0.1, 0.15) is 31.1 Å². The zero-order chi connectivity index (χ0) is 28.7. The van der Waals surface area contributed by atoms with Crippen molar-refractivity contribution in [3.05, 3.63) is 59.7 Å². The first kappa shape index (κ1) is 32.8. The van der Waals surface area contributed by atoms with Gasteiger partial charge < -0.3 is 28.6 Å². The van der Waals surface area contributed by atoms with Gasteiger partial charge in [0.25, 0.3) is 0 Å². The van der Waals surface area contributed by atoms with E-state index in [4.69, 9.17) is 23.0 Å². The normalized spacial score (nSPS) is 13.1. The lowest BCUT2D eigenvalue weighted by molar-refractivity contribution is -0.274. The fourth-order valence-corrected chi connectivity index (χ4v) is 4.63. The molecule has 2 rings (SSSR count). The van der Waals surface area contributed by atoms with Gasteiger partial charge >= 0.3 is 15.0 Å². The Morgan fingerprint density at radius 1 is 1.05 bits per heavy atom. The second-order valence-corrected chi connectivity index (χ2v) is 9.83. The fraction of sp³-hybridized carbons (Fsp3) is 0.440. The van der Waals surface area contributed by atoms with Crippen LogP contribution in [0.3, 0.4) is 0 Å². The molecule has 0 aliphatic carbocycles. The highest BCUT2D eigenvalue weighted by molar-refractivity contribution is 8.13. The lowest BCUT2D eigenvalue weighted by Crippen LogP contribution is -2.31. The third-order valence-corrected chi connectivity index (χ3v) is 6.94. The first-order valence-corrected chi connectivity index (χ1v) is 13.9. The Bertz CT molecular complexity index is 1010. The average molecular weight is 594 g/mol. The van der Waals surface area contributed by atoms with E-state index in [1.807, 2.05) is 0 Å². The standard InChI is InChI=1S/C25H31F3NO8PS/c1-4-34-38(35-5-2)36-17-33-22(19-7-6-8-21(14-19)37-25(26,27)28)15-32-20-11-9-18(10-12-20)13-23(39-16-30)24(31)29-3/h6-12,14,16,22-23H,4-5,13,15,17H2,1-3H3,(H,29,31). The van der Waals surface area contributed by atoms with Crippen LogP contribution in [0.2, 0.25) is 0 Å². The van der Waals surface area contributed by atoms with Crippen molar-refractivity contribution in [1.82, 2.24) is 5.32 Å². The third-order valence-electron chi connectivity index (χ3n) is 4.86. The maximum Gasteiger partial charge on any atom is 0.573 e. The summed E-state index contributed by atoms with van der Waals surface area (Å²) in [5, 5.41) is 1.96. The Kier molecular flexibility index (Phi) is 14.6. The van der Waals surface area contributed by atoms with Crippen molar-refractivity contribution in [2.45, 2.75) is 38.0 Å². The molecule has 0 radical (unpaired) electrons. The van der Waals surface area contributed by atoms with Gasteiger partial charge in [-0.3, -0.25) is 14.1 Å². The molecule has 0 saturated heterocycles. The molecular formula is C25H31F3NO8PS. The van der Waals surface area contributed by atoms with Gasteiger partial charge in [0.05, 0.1) is 18.5 Å². The second kappa shape index (κ2) is 17.3. The van der Waals surface area contributed by atoms with Gasteiger partial charge in [-0.1, -0.05) is 36.0 Å². The van der Waals surface area contributed by atoms with Crippen LogP contribution >= 0.6 is 20.4 Å². The number of halogens is 3.